The van der Waals surface area contributed by atoms with Gasteiger partial charge in [-0.15, -0.1) is 0 Å². The van der Waals surface area contributed by atoms with Gasteiger partial charge in [0, 0.05) is 44.1 Å². The third-order valence-corrected chi connectivity index (χ3v) is 10.7. The van der Waals surface area contributed by atoms with E-state index in [1.54, 1.807) is 0 Å². The van der Waals surface area contributed by atoms with Gasteiger partial charge in [-0.3, -0.25) is 14.3 Å². The van der Waals surface area contributed by atoms with Crippen molar-refractivity contribution in [2.24, 2.45) is 28.2 Å². The van der Waals surface area contributed by atoms with Crippen LogP contribution in [0.25, 0.3) is 10.9 Å². The molecule has 0 amide bonds. The summed E-state index contributed by atoms with van der Waals surface area (Å²) in [6.07, 6.45) is 6.23. The Labute approximate surface area is 242 Å². The monoisotopic (exact) mass is 553 g/mol. The van der Waals surface area contributed by atoms with Gasteiger partial charge in [0.25, 0.3) is 5.56 Å². The molecule has 1 unspecified atom stereocenters. The molecule has 2 N–H and O–H groups in total. The lowest BCUT2D eigenvalue weighted by atomic mass is 9.45. The summed E-state index contributed by atoms with van der Waals surface area (Å²) >= 11 is 0. The summed E-state index contributed by atoms with van der Waals surface area (Å²) in [5.41, 5.74) is 3.12. The lowest BCUT2D eigenvalue weighted by Gasteiger charge is -2.61. The van der Waals surface area contributed by atoms with E-state index in [4.69, 9.17) is 9.98 Å². The maximum absolute atomic E-state index is 13.6. The molecular formula is C33H43N7O. The van der Waals surface area contributed by atoms with Crippen LogP contribution in [-0.4, -0.2) is 57.1 Å². The van der Waals surface area contributed by atoms with Crippen molar-refractivity contribution in [3.63, 3.8) is 0 Å². The largest absolute Gasteiger partial charge is 0.340 e. The highest BCUT2D eigenvalue weighted by atomic mass is 16.1. The van der Waals surface area contributed by atoms with Crippen molar-refractivity contribution in [1.29, 1.82) is 0 Å². The van der Waals surface area contributed by atoms with Gasteiger partial charge in [0.05, 0.1) is 28.6 Å². The minimum Gasteiger partial charge on any atom is -0.340 e. The summed E-state index contributed by atoms with van der Waals surface area (Å²) in [7, 11) is 0. The number of benzene rings is 1. The molecule has 3 aromatic rings. The average Bonchev–Trinajstić information content (AvgIpc) is 2.97. The number of hydrogen-bond acceptors (Lipinski definition) is 5. The lowest BCUT2D eigenvalue weighted by molar-refractivity contribution is -0.108. The van der Waals surface area contributed by atoms with Crippen molar-refractivity contribution >= 4 is 22.5 Å². The Bertz CT molecular complexity index is 1530. The van der Waals surface area contributed by atoms with Crippen molar-refractivity contribution < 1.29 is 0 Å². The molecule has 8 rings (SSSR count). The highest BCUT2D eigenvalue weighted by molar-refractivity contribution is 5.96. The zero-order valence-electron chi connectivity index (χ0n) is 24.8. The normalized spacial score (nSPS) is 30.9. The van der Waals surface area contributed by atoms with Gasteiger partial charge < -0.3 is 15.5 Å². The highest BCUT2D eigenvalue weighted by Crippen LogP contribution is 2.61. The van der Waals surface area contributed by atoms with Crippen LogP contribution < -0.4 is 16.2 Å². The SMILES string of the molecule is C[C@@H]1[C@@H](/N=C(/Nc2ccc3c(=O)n4c(nc3c2)C(c2ccccn2)CCC4)N2CCN[C@@H](C)C2)C[C@@H]2C[C@H]1C2(C)C. The molecule has 3 aliphatic carbocycles. The van der Waals surface area contributed by atoms with Gasteiger partial charge in [-0.2, -0.15) is 0 Å². The van der Waals surface area contributed by atoms with Crippen LogP contribution in [-0.2, 0) is 6.54 Å². The number of pyridine rings is 1. The molecule has 5 aliphatic rings. The molecule has 216 valence electrons. The van der Waals surface area contributed by atoms with Crippen LogP contribution in [0.3, 0.4) is 0 Å². The van der Waals surface area contributed by atoms with Gasteiger partial charge in [0.15, 0.2) is 5.96 Å². The number of nitrogens with one attached hydrogen (secondary N) is 2. The predicted octanol–water partition coefficient (Wildman–Crippen LogP) is 4.85. The van der Waals surface area contributed by atoms with Gasteiger partial charge in [-0.05, 0) is 86.1 Å². The van der Waals surface area contributed by atoms with Crippen molar-refractivity contribution in [3.05, 3.63) is 64.5 Å². The van der Waals surface area contributed by atoms with Gasteiger partial charge in [0.2, 0.25) is 0 Å². The Morgan fingerprint density at radius 2 is 2.02 bits per heavy atom. The number of aliphatic imine (C=N–C) groups is 1. The minimum absolute atomic E-state index is 0.0293. The first kappa shape index (κ1) is 26.6. The molecule has 6 atom stereocenters. The molecule has 3 saturated carbocycles. The minimum atomic E-state index is 0.0293. The number of nitrogens with zero attached hydrogens (tertiary/aromatic N) is 5. The van der Waals surface area contributed by atoms with Crippen molar-refractivity contribution in [2.75, 3.05) is 25.0 Å². The Balaban J connectivity index is 1.24. The molecule has 41 heavy (non-hydrogen) atoms. The van der Waals surface area contributed by atoms with Crippen LogP contribution in [0, 0.1) is 23.2 Å². The summed E-state index contributed by atoms with van der Waals surface area (Å²) in [4.78, 5) is 31.2. The summed E-state index contributed by atoms with van der Waals surface area (Å²) in [6, 6.07) is 12.7. The van der Waals surface area contributed by atoms with Crippen LogP contribution in [0.5, 0.6) is 0 Å². The fourth-order valence-corrected chi connectivity index (χ4v) is 8.14. The fourth-order valence-electron chi connectivity index (χ4n) is 8.14. The highest BCUT2D eigenvalue weighted by Gasteiger charge is 2.56. The van der Waals surface area contributed by atoms with Gasteiger partial charge in [0.1, 0.15) is 5.82 Å². The number of piperazine rings is 1. The van der Waals surface area contributed by atoms with Crippen molar-refractivity contribution in [2.45, 2.75) is 77.9 Å². The number of guanidine groups is 1. The molecule has 2 aliphatic heterocycles. The molecule has 8 heteroatoms. The fraction of sp³-hybridized carbons (Fsp3) is 0.576. The van der Waals surface area contributed by atoms with E-state index in [1.165, 1.54) is 6.42 Å². The number of fused-ring (bicyclic) bond motifs is 4. The number of anilines is 1. The molecule has 0 spiro atoms. The van der Waals surface area contributed by atoms with Gasteiger partial charge in [-0.1, -0.05) is 26.8 Å². The van der Waals surface area contributed by atoms with E-state index in [-0.39, 0.29) is 11.5 Å². The quantitative estimate of drug-likeness (QED) is 0.356. The molecule has 1 aromatic carbocycles. The van der Waals surface area contributed by atoms with Crippen molar-refractivity contribution in [3.8, 4) is 0 Å². The summed E-state index contributed by atoms with van der Waals surface area (Å²) in [6.45, 7) is 13.0. The third kappa shape index (κ3) is 4.64. The average molecular weight is 554 g/mol. The van der Waals surface area contributed by atoms with E-state index in [0.717, 1.165) is 79.4 Å². The Kier molecular flexibility index (Phi) is 6.64. The maximum Gasteiger partial charge on any atom is 0.261 e. The molecular weight excluding hydrogens is 510 g/mol. The standard InChI is InChI=1S/C33H43N7O/c1-20-19-39(15-13-34-20)32(38-28-17-22-16-26(21(28)2)33(22,3)4)36-23-10-11-25-29(18-23)37-30-24(27-9-5-6-12-35-27)8-7-14-40(30)31(25)41/h5-6,9-12,18,20-22,24,26,28,34H,7-8,13-17,19H2,1-4H3,(H,36,38)/t20-,21-,22-,24?,26+,28-/m0/s1. The summed E-state index contributed by atoms with van der Waals surface area (Å²) in [5, 5.41) is 7.94. The van der Waals surface area contributed by atoms with E-state index in [0.29, 0.717) is 35.3 Å². The second-order valence-electron chi connectivity index (χ2n) is 13.5. The molecule has 1 saturated heterocycles. The zero-order valence-corrected chi connectivity index (χ0v) is 24.8. The van der Waals surface area contributed by atoms with Crippen LogP contribution in [0.15, 0.2) is 52.4 Å². The molecule has 4 heterocycles. The maximum atomic E-state index is 13.6. The second-order valence-corrected chi connectivity index (χ2v) is 13.5. The Hall–Kier alpha value is -3.26. The number of hydrogen-bond donors (Lipinski definition) is 2. The molecule has 8 nitrogen and oxygen atoms in total. The third-order valence-electron chi connectivity index (χ3n) is 10.7. The summed E-state index contributed by atoms with van der Waals surface area (Å²) < 4.78 is 1.87. The molecule has 2 bridgehead atoms. The van der Waals surface area contributed by atoms with E-state index in [2.05, 4.69) is 48.2 Å². The van der Waals surface area contributed by atoms with Crippen LogP contribution >= 0.6 is 0 Å². The van der Waals surface area contributed by atoms with Crippen LogP contribution in [0.4, 0.5) is 5.69 Å². The lowest BCUT2D eigenvalue weighted by Crippen LogP contribution is -2.57. The van der Waals surface area contributed by atoms with Crippen LogP contribution in [0.2, 0.25) is 0 Å². The first-order valence-corrected chi connectivity index (χ1v) is 15.6. The predicted molar refractivity (Wildman–Crippen MR) is 164 cm³/mol. The summed E-state index contributed by atoms with van der Waals surface area (Å²) in [5.74, 6) is 3.88. The van der Waals surface area contributed by atoms with E-state index < -0.39 is 0 Å². The Morgan fingerprint density at radius 3 is 2.78 bits per heavy atom. The van der Waals surface area contributed by atoms with E-state index in [1.807, 2.05) is 47.2 Å². The number of aromatic nitrogens is 3. The molecule has 0 radical (unpaired) electrons. The molecule has 4 fully saturated rings. The first-order valence-electron chi connectivity index (χ1n) is 15.6. The second kappa shape index (κ2) is 10.2. The molecule has 2 aromatic heterocycles. The smallest absolute Gasteiger partial charge is 0.261 e. The first-order chi connectivity index (χ1) is 19.8. The van der Waals surface area contributed by atoms with Crippen molar-refractivity contribution in [1.82, 2.24) is 24.8 Å². The van der Waals surface area contributed by atoms with E-state index >= 15 is 0 Å². The topological polar surface area (TPSA) is 87.4 Å². The Morgan fingerprint density at radius 1 is 1.15 bits per heavy atom. The van der Waals surface area contributed by atoms with E-state index in [9.17, 15) is 4.79 Å². The van der Waals surface area contributed by atoms with Crippen LogP contribution in [0.1, 0.15) is 70.8 Å². The zero-order chi connectivity index (χ0) is 28.3. The van der Waals surface area contributed by atoms with Gasteiger partial charge in [-0.25, -0.2) is 9.98 Å². The van der Waals surface area contributed by atoms with Gasteiger partial charge >= 0.3 is 0 Å². The number of rotatable bonds is 3.